The molecule has 0 aliphatic rings. The molecule has 130 valence electrons. The Hall–Kier alpha value is -2.62. The van der Waals surface area contributed by atoms with Gasteiger partial charge in [0.05, 0.1) is 0 Å². The molecule has 0 aliphatic carbocycles. The number of thiophene rings is 1. The third-order valence-electron chi connectivity index (χ3n) is 4.65. The molecule has 0 saturated carbocycles. The van der Waals surface area contributed by atoms with Crippen LogP contribution < -0.4 is 4.74 Å². The molecule has 3 heteroatoms. The van der Waals surface area contributed by atoms with Gasteiger partial charge in [-0.1, -0.05) is 66.7 Å². The minimum absolute atomic E-state index is 0.839. The molecule has 0 saturated heterocycles. The van der Waals surface area contributed by atoms with Gasteiger partial charge >= 0.3 is 0 Å². The minimum Gasteiger partial charge on any atom is -0.455 e. The molecule has 27 heavy (non-hydrogen) atoms. The summed E-state index contributed by atoms with van der Waals surface area (Å²) < 4.78 is 8.49. The monoisotopic (exact) mass is 430 g/mol. The Morgan fingerprint density at radius 3 is 2.33 bits per heavy atom. The molecule has 0 radical (unpaired) electrons. The summed E-state index contributed by atoms with van der Waals surface area (Å²) in [5.74, 6) is 1.72. The van der Waals surface area contributed by atoms with Crippen LogP contribution in [0.1, 0.15) is 0 Å². The molecule has 0 fully saturated rings. The summed E-state index contributed by atoms with van der Waals surface area (Å²) >= 11 is 5.41. The van der Waals surface area contributed by atoms with Crippen LogP contribution in [0.4, 0.5) is 0 Å². The van der Waals surface area contributed by atoms with Crippen LogP contribution in [0.3, 0.4) is 0 Å². The van der Waals surface area contributed by atoms with Gasteiger partial charge < -0.3 is 4.74 Å². The Labute approximate surface area is 170 Å². The highest BCUT2D eigenvalue weighted by atomic mass is 79.9. The second-order valence-corrected chi connectivity index (χ2v) is 8.73. The third kappa shape index (κ3) is 3.03. The molecule has 0 amide bonds. The summed E-state index contributed by atoms with van der Waals surface area (Å²) in [5, 5.41) is 3.64. The van der Waals surface area contributed by atoms with E-state index in [-0.39, 0.29) is 0 Å². The summed E-state index contributed by atoms with van der Waals surface area (Å²) in [6.07, 6.45) is 0. The van der Waals surface area contributed by atoms with Crippen molar-refractivity contribution in [2.75, 3.05) is 0 Å². The molecule has 0 atom stereocenters. The SMILES string of the molecule is Brc1sc2cccc(-c3ccc4ccccc4c3)c2c1Oc1ccccc1. The van der Waals surface area contributed by atoms with E-state index in [2.05, 4.69) is 76.6 Å². The van der Waals surface area contributed by atoms with E-state index in [0.717, 1.165) is 20.7 Å². The van der Waals surface area contributed by atoms with Crippen LogP contribution in [-0.4, -0.2) is 0 Å². The molecular formula is C24H15BrOS. The van der Waals surface area contributed by atoms with E-state index in [1.165, 1.54) is 26.6 Å². The molecule has 0 spiro atoms. The highest BCUT2D eigenvalue weighted by Crippen LogP contribution is 2.47. The summed E-state index contributed by atoms with van der Waals surface area (Å²) in [6.45, 7) is 0. The molecule has 1 heterocycles. The van der Waals surface area contributed by atoms with Crippen LogP contribution in [-0.2, 0) is 0 Å². The smallest absolute Gasteiger partial charge is 0.160 e. The molecular weight excluding hydrogens is 416 g/mol. The van der Waals surface area contributed by atoms with Crippen LogP contribution in [0.15, 0.2) is 94.8 Å². The highest BCUT2D eigenvalue weighted by Gasteiger charge is 2.17. The Bertz CT molecular complexity index is 1260. The first-order valence-corrected chi connectivity index (χ1v) is 10.3. The number of rotatable bonds is 3. The summed E-state index contributed by atoms with van der Waals surface area (Å²) in [6, 6.07) is 31.4. The molecule has 0 unspecified atom stereocenters. The Morgan fingerprint density at radius 2 is 1.48 bits per heavy atom. The first kappa shape index (κ1) is 16.5. The van der Waals surface area contributed by atoms with E-state index in [1.807, 2.05) is 30.3 Å². The predicted octanol–water partition coefficient (Wildman–Crippen LogP) is 8.28. The fourth-order valence-corrected chi connectivity index (χ4v) is 5.07. The van der Waals surface area contributed by atoms with Gasteiger partial charge in [0.1, 0.15) is 9.54 Å². The van der Waals surface area contributed by atoms with Crippen molar-refractivity contribution in [1.29, 1.82) is 0 Å². The average molecular weight is 431 g/mol. The summed E-state index contributed by atoms with van der Waals surface area (Å²) in [5.41, 5.74) is 2.38. The molecule has 0 N–H and O–H groups in total. The van der Waals surface area contributed by atoms with Crippen LogP contribution in [0.5, 0.6) is 11.5 Å². The quantitative estimate of drug-likeness (QED) is 0.279. The molecule has 5 aromatic rings. The van der Waals surface area contributed by atoms with Crippen molar-refractivity contribution in [3.05, 3.63) is 94.8 Å². The van der Waals surface area contributed by atoms with Crippen molar-refractivity contribution in [3.63, 3.8) is 0 Å². The van der Waals surface area contributed by atoms with Gasteiger partial charge in [-0.15, -0.1) is 11.3 Å². The van der Waals surface area contributed by atoms with Gasteiger partial charge in [-0.3, -0.25) is 0 Å². The second kappa shape index (κ2) is 6.84. The second-order valence-electron chi connectivity index (χ2n) is 6.36. The maximum atomic E-state index is 6.28. The number of para-hydroxylation sites is 1. The van der Waals surface area contributed by atoms with Crippen molar-refractivity contribution in [2.45, 2.75) is 0 Å². The lowest BCUT2D eigenvalue weighted by atomic mass is 9.98. The van der Waals surface area contributed by atoms with Crippen LogP contribution in [0, 0.1) is 0 Å². The molecule has 5 rings (SSSR count). The van der Waals surface area contributed by atoms with Gasteiger partial charge in [0.25, 0.3) is 0 Å². The number of hydrogen-bond donors (Lipinski definition) is 0. The van der Waals surface area contributed by atoms with Crippen LogP contribution in [0.25, 0.3) is 32.0 Å². The van der Waals surface area contributed by atoms with E-state index in [4.69, 9.17) is 4.74 Å². The van der Waals surface area contributed by atoms with Crippen molar-refractivity contribution < 1.29 is 4.74 Å². The third-order valence-corrected chi connectivity index (χ3v) is 6.43. The first-order valence-electron chi connectivity index (χ1n) is 8.73. The van der Waals surface area contributed by atoms with Gasteiger partial charge in [-0.05, 0) is 62.1 Å². The Kier molecular flexibility index (Phi) is 4.19. The fourth-order valence-electron chi connectivity index (χ4n) is 3.39. The van der Waals surface area contributed by atoms with Crippen molar-refractivity contribution in [3.8, 4) is 22.6 Å². The fraction of sp³-hybridized carbons (Fsp3) is 0. The number of fused-ring (bicyclic) bond motifs is 2. The number of ether oxygens (including phenoxy) is 1. The number of hydrogen-bond acceptors (Lipinski definition) is 2. The first-order chi connectivity index (χ1) is 13.3. The van der Waals surface area contributed by atoms with E-state index in [1.54, 1.807) is 11.3 Å². The van der Waals surface area contributed by atoms with Gasteiger partial charge in [-0.25, -0.2) is 0 Å². The molecule has 4 aromatic carbocycles. The topological polar surface area (TPSA) is 9.23 Å². The molecule has 1 aromatic heterocycles. The van der Waals surface area contributed by atoms with Gasteiger partial charge in [0.15, 0.2) is 5.75 Å². The normalized spacial score (nSPS) is 11.1. The highest BCUT2D eigenvalue weighted by molar-refractivity contribution is 9.11. The zero-order chi connectivity index (χ0) is 18.2. The van der Waals surface area contributed by atoms with Crippen molar-refractivity contribution >= 4 is 48.1 Å². The van der Waals surface area contributed by atoms with Gasteiger partial charge in [0.2, 0.25) is 0 Å². The number of benzene rings is 4. The summed E-state index contributed by atoms with van der Waals surface area (Å²) in [4.78, 5) is 0. The van der Waals surface area contributed by atoms with Crippen LogP contribution in [0.2, 0.25) is 0 Å². The Balaban J connectivity index is 1.72. The zero-order valence-electron chi connectivity index (χ0n) is 14.4. The van der Waals surface area contributed by atoms with Crippen molar-refractivity contribution in [2.24, 2.45) is 0 Å². The maximum Gasteiger partial charge on any atom is 0.160 e. The lowest BCUT2D eigenvalue weighted by Gasteiger charge is -2.10. The van der Waals surface area contributed by atoms with Gasteiger partial charge in [-0.2, -0.15) is 0 Å². The maximum absolute atomic E-state index is 6.28. The van der Waals surface area contributed by atoms with E-state index >= 15 is 0 Å². The number of halogens is 1. The Morgan fingerprint density at radius 1 is 0.704 bits per heavy atom. The van der Waals surface area contributed by atoms with Crippen LogP contribution >= 0.6 is 27.3 Å². The predicted molar refractivity (Wildman–Crippen MR) is 119 cm³/mol. The minimum atomic E-state index is 0.839. The zero-order valence-corrected chi connectivity index (χ0v) is 16.8. The van der Waals surface area contributed by atoms with E-state index in [9.17, 15) is 0 Å². The van der Waals surface area contributed by atoms with Gasteiger partial charge in [0, 0.05) is 10.1 Å². The lowest BCUT2D eigenvalue weighted by molar-refractivity contribution is 0.488. The molecule has 0 bridgehead atoms. The lowest BCUT2D eigenvalue weighted by Crippen LogP contribution is -1.86. The largest absolute Gasteiger partial charge is 0.455 e. The standard InChI is InChI=1S/C24H15BrOS/c25-24-23(26-19-9-2-1-3-10-19)22-20(11-6-12-21(22)27-24)18-14-13-16-7-4-5-8-17(16)15-18/h1-15H. The summed E-state index contributed by atoms with van der Waals surface area (Å²) in [7, 11) is 0. The van der Waals surface area contributed by atoms with Crippen molar-refractivity contribution in [1.82, 2.24) is 0 Å². The van der Waals surface area contributed by atoms with E-state index < -0.39 is 0 Å². The average Bonchev–Trinajstić information content (AvgIpc) is 3.04. The molecule has 0 aliphatic heterocycles. The molecule has 1 nitrogen and oxygen atoms in total. The van der Waals surface area contributed by atoms with E-state index in [0.29, 0.717) is 0 Å².